The number of methoxy groups -OCH3 is 1. The molecule has 0 spiro atoms. The van der Waals surface area contributed by atoms with Gasteiger partial charge in [0.1, 0.15) is 35.9 Å². The SMILES string of the molecule is COc1ccc(O[C@@H]2O[C@H](C)[C@@H](OCc3ccccc3)[C@H](O[C@@H]3OC[C@@H](O)[C@H](OC(C)=O)[C@H]3O[C@@H]3O[C@H](C)[C@@H](OC(=O)c4ccccc4)[C@H](OC(=O)c4ccccc4)[C@H]3OC(=O)c3ccccc3)[C@H]2OCc2ccccc2)cc1. The zero-order chi connectivity index (χ0) is 55.3. The molecule has 3 fully saturated rings. The molecule has 14 atom stereocenters. The van der Waals surface area contributed by atoms with Crippen LogP contribution in [0.5, 0.6) is 11.5 Å². The summed E-state index contributed by atoms with van der Waals surface area (Å²) in [5, 5.41) is 11.7. The van der Waals surface area contributed by atoms with Gasteiger partial charge in [-0.05, 0) is 85.6 Å². The summed E-state index contributed by atoms with van der Waals surface area (Å²) in [4.78, 5) is 55.5. The maximum Gasteiger partial charge on any atom is 0.338 e. The summed E-state index contributed by atoms with van der Waals surface area (Å²) in [6.45, 7) is 4.24. The monoisotopic (exact) mass is 1080 g/mol. The van der Waals surface area contributed by atoms with Crippen LogP contribution in [-0.2, 0) is 70.1 Å². The van der Waals surface area contributed by atoms with E-state index in [0.29, 0.717) is 11.5 Å². The van der Waals surface area contributed by atoms with Gasteiger partial charge < -0.3 is 66.7 Å². The maximum absolute atomic E-state index is 14.3. The van der Waals surface area contributed by atoms with Crippen molar-refractivity contribution in [3.63, 3.8) is 0 Å². The number of aliphatic hydroxyl groups is 1. The van der Waals surface area contributed by atoms with Gasteiger partial charge in [-0.3, -0.25) is 4.79 Å². The fourth-order valence-electron chi connectivity index (χ4n) is 9.41. The number of hydrogen-bond donors (Lipinski definition) is 1. The number of esters is 4. The molecule has 1 N–H and O–H groups in total. The van der Waals surface area contributed by atoms with Gasteiger partial charge in [0.2, 0.25) is 6.29 Å². The van der Waals surface area contributed by atoms with E-state index in [9.17, 15) is 24.3 Å². The van der Waals surface area contributed by atoms with Gasteiger partial charge in [0.05, 0.1) is 55.8 Å². The first-order valence-electron chi connectivity index (χ1n) is 25.9. The van der Waals surface area contributed by atoms with Crippen LogP contribution in [-0.4, -0.2) is 129 Å². The van der Waals surface area contributed by atoms with E-state index in [1.165, 1.54) is 24.3 Å². The lowest BCUT2D eigenvalue weighted by Crippen LogP contribution is -2.66. The minimum absolute atomic E-state index is 0.0542. The van der Waals surface area contributed by atoms with E-state index >= 15 is 0 Å². The van der Waals surface area contributed by atoms with Gasteiger partial charge in [-0.1, -0.05) is 115 Å². The van der Waals surface area contributed by atoms with Crippen molar-refractivity contribution in [1.29, 1.82) is 0 Å². The third kappa shape index (κ3) is 14.4. The lowest BCUT2D eigenvalue weighted by Gasteiger charge is -2.49. The molecule has 9 rings (SSSR count). The Balaban J connectivity index is 1.12. The van der Waals surface area contributed by atoms with Crippen LogP contribution in [0, 0.1) is 0 Å². The second-order valence-corrected chi connectivity index (χ2v) is 19.0. The van der Waals surface area contributed by atoms with Crippen LogP contribution < -0.4 is 9.47 Å². The van der Waals surface area contributed by atoms with Crippen molar-refractivity contribution < 1.29 is 85.9 Å². The summed E-state index contributed by atoms with van der Waals surface area (Å²) < 4.78 is 83.5. The van der Waals surface area contributed by atoms with E-state index in [1.54, 1.807) is 112 Å². The highest BCUT2D eigenvalue weighted by Crippen LogP contribution is 2.38. The Kier molecular flexibility index (Phi) is 19.1. The first-order valence-corrected chi connectivity index (χ1v) is 25.9. The molecule has 0 aliphatic carbocycles. The van der Waals surface area contributed by atoms with Crippen LogP contribution in [0.25, 0.3) is 0 Å². The molecule has 0 aromatic heterocycles. The highest BCUT2D eigenvalue weighted by molar-refractivity contribution is 5.91. The second-order valence-electron chi connectivity index (χ2n) is 19.0. The van der Waals surface area contributed by atoms with Gasteiger partial charge in [0.15, 0.2) is 43.1 Å². The lowest BCUT2D eigenvalue weighted by atomic mass is 9.97. The summed E-state index contributed by atoms with van der Waals surface area (Å²) in [5.41, 5.74) is 2.06. The quantitative estimate of drug-likeness (QED) is 0.0571. The number of aliphatic hydroxyl groups excluding tert-OH is 1. The zero-order valence-corrected chi connectivity index (χ0v) is 43.8. The third-order valence-corrected chi connectivity index (χ3v) is 13.4. The number of carbonyl (C=O) groups is 4. The molecule has 0 unspecified atom stereocenters. The van der Waals surface area contributed by atoms with E-state index in [1.807, 2.05) is 60.7 Å². The minimum Gasteiger partial charge on any atom is -0.497 e. The van der Waals surface area contributed by atoms with Crippen molar-refractivity contribution in [2.45, 2.75) is 120 Å². The molecule has 6 aromatic rings. The Morgan fingerprint density at radius 3 is 1.39 bits per heavy atom. The summed E-state index contributed by atoms with van der Waals surface area (Å²) in [6, 6.07) is 50.0. The van der Waals surface area contributed by atoms with E-state index in [-0.39, 0.29) is 29.9 Å². The number of hydrogen-bond acceptors (Lipinski definition) is 18. The molecule has 79 heavy (non-hydrogen) atoms. The Hall–Kier alpha value is -7.52. The zero-order valence-electron chi connectivity index (χ0n) is 43.8. The lowest BCUT2D eigenvalue weighted by molar-refractivity contribution is -0.376. The first-order chi connectivity index (χ1) is 38.4. The van der Waals surface area contributed by atoms with Crippen molar-refractivity contribution in [1.82, 2.24) is 0 Å². The number of benzene rings is 6. The summed E-state index contributed by atoms with van der Waals surface area (Å²) in [7, 11) is 1.56. The Labute approximate surface area is 457 Å². The fraction of sp³-hybridized carbons (Fsp3) is 0.344. The predicted octanol–water partition coefficient (Wildman–Crippen LogP) is 7.83. The van der Waals surface area contributed by atoms with Crippen molar-refractivity contribution >= 4 is 23.9 Å². The Bertz CT molecular complexity index is 2880. The molecule has 18 heteroatoms. The van der Waals surface area contributed by atoms with Crippen molar-refractivity contribution in [3.8, 4) is 11.5 Å². The summed E-state index contributed by atoms with van der Waals surface area (Å²) in [5.74, 6) is -2.34. The number of ether oxygens (including phenoxy) is 13. The van der Waals surface area contributed by atoms with Crippen LogP contribution in [0.1, 0.15) is 63.0 Å². The molecule has 3 heterocycles. The van der Waals surface area contributed by atoms with Gasteiger partial charge in [-0.25, -0.2) is 14.4 Å². The van der Waals surface area contributed by atoms with Gasteiger partial charge >= 0.3 is 23.9 Å². The first kappa shape index (κ1) is 56.2. The number of rotatable bonds is 20. The summed E-state index contributed by atoms with van der Waals surface area (Å²) >= 11 is 0. The standard InChI is InChI=1S/C61H62O18/c1-37-48(68-34-40-20-10-5-11-21-40)51(53(69-35-41-22-12-6-13-23-41)60(71-37)74-46-32-30-45(67-4)31-33-46)78-59-54(50(73-39(3)62)47(63)36-70-59)79-61-55(77-58(66)44-28-18-9-19-29-44)52(76-57(65)43-26-16-8-17-27-43)49(38(2)72-61)75-56(64)42-24-14-7-15-25-42/h5-33,37-38,47-55,59-61,63H,34-36H2,1-4H3/t37-,38-,47-,48-,49-,50+,51+,52+,53-,54-,55-,59+,60+,61+/m1/s1. The molecule has 3 aliphatic heterocycles. The minimum atomic E-state index is -1.76. The van der Waals surface area contributed by atoms with Crippen LogP contribution in [0.2, 0.25) is 0 Å². The molecular weight excluding hydrogens is 1020 g/mol. The molecule has 0 radical (unpaired) electrons. The average molecular weight is 1080 g/mol. The molecule has 18 nitrogen and oxygen atoms in total. The summed E-state index contributed by atoms with van der Waals surface area (Å²) in [6.07, 6.45) is -19.2. The third-order valence-electron chi connectivity index (χ3n) is 13.4. The van der Waals surface area contributed by atoms with Crippen molar-refractivity contribution in [3.05, 3.63) is 204 Å². The van der Waals surface area contributed by atoms with E-state index in [0.717, 1.165) is 18.1 Å². The largest absolute Gasteiger partial charge is 0.497 e. The van der Waals surface area contributed by atoms with Gasteiger partial charge in [0.25, 0.3) is 0 Å². The molecule has 414 valence electrons. The molecule has 0 saturated carbocycles. The van der Waals surface area contributed by atoms with E-state index in [4.69, 9.17) is 61.6 Å². The van der Waals surface area contributed by atoms with E-state index in [2.05, 4.69) is 0 Å². The van der Waals surface area contributed by atoms with E-state index < -0.39 is 116 Å². The van der Waals surface area contributed by atoms with Gasteiger partial charge in [-0.2, -0.15) is 0 Å². The molecule has 0 amide bonds. The topological polar surface area (TPSA) is 208 Å². The Morgan fingerprint density at radius 2 is 0.886 bits per heavy atom. The van der Waals surface area contributed by atoms with Crippen LogP contribution in [0.4, 0.5) is 0 Å². The van der Waals surface area contributed by atoms with Gasteiger partial charge in [-0.15, -0.1) is 0 Å². The molecular formula is C61H62O18. The van der Waals surface area contributed by atoms with Crippen LogP contribution in [0.3, 0.4) is 0 Å². The second kappa shape index (κ2) is 26.9. The molecule has 3 saturated heterocycles. The predicted molar refractivity (Wildman–Crippen MR) is 280 cm³/mol. The molecule has 6 aromatic carbocycles. The average Bonchev–Trinajstić information content (AvgIpc) is 3.48. The highest BCUT2D eigenvalue weighted by atomic mass is 16.8. The molecule has 0 bridgehead atoms. The van der Waals surface area contributed by atoms with Crippen molar-refractivity contribution in [2.24, 2.45) is 0 Å². The fourth-order valence-corrected chi connectivity index (χ4v) is 9.41. The van der Waals surface area contributed by atoms with Crippen LogP contribution >= 0.6 is 0 Å². The van der Waals surface area contributed by atoms with Gasteiger partial charge in [0, 0.05) is 6.92 Å². The molecule has 3 aliphatic rings. The normalized spacial score (nSPS) is 27.6. The number of carbonyl (C=O) groups excluding carboxylic acids is 4. The highest BCUT2D eigenvalue weighted by Gasteiger charge is 2.57. The van der Waals surface area contributed by atoms with Crippen LogP contribution in [0.15, 0.2) is 176 Å². The maximum atomic E-state index is 14.3. The Morgan fingerprint density at radius 1 is 0.456 bits per heavy atom. The van der Waals surface area contributed by atoms with Crippen molar-refractivity contribution in [2.75, 3.05) is 13.7 Å². The smallest absolute Gasteiger partial charge is 0.338 e.